The van der Waals surface area contributed by atoms with Gasteiger partial charge in [0.2, 0.25) is 0 Å². The summed E-state index contributed by atoms with van der Waals surface area (Å²) in [6.07, 6.45) is 0.134. The summed E-state index contributed by atoms with van der Waals surface area (Å²) >= 11 is 12.1. The van der Waals surface area contributed by atoms with Gasteiger partial charge in [0.15, 0.2) is 17.2 Å². The van der Waals surface area contributed by atoms with Crippen molar-refractivity contribution in [2.75, 3.05) is 5.32 Å². The average Bonchev–Trinajstić information content (AvgIpc) is 3.17. The van der Waals surface area contributed by atoms with Gasteiger partial charge in [-0.15, -0.1) is 0 Å². The summed E-state index contributed by atoms with van der Waals surface area (Å²) in [6.45, 7) is -0.0215. The summed E-state index contributed by atoms with van der Waals surface area (Å²) in [5.41, 5.74) is 6.74. The molecule has 1 heterocycles. The van der Waals surface area contributed by atoms with E-state index in [1.807, 2.05) is 0 Å². The SMILES string of the molecule is NC(Cc1cccc(NC(=O)c2cc(COc3c(Cl)cccc3Cl)on2)c1)C(=O)O. The van der Waals surface area contributed by atoms with Gasteiger partial charge in [0.1, 0.15) is 12.6 Å². The first kappa shape index (κ1) is 21.6. The summed E-state index contributed by atoms with van der Waals surface area (Å²) in [7, 11) is 0. The van der Waals surface area contributed by atoms with Gasteiger partial charge in [-0.25, -0.2) is 0 Å². The van der Waals surface area contributed by atoms with E-state index in [1.165, 1.54) is 6.07 Å². The zero-order valence-electron chi connectivity index (χ0n) is 15.5. The van der Waals surface area contributed by atoms with Gasteiger partial charge in [0.25, 0.3) is 5.91 Å². The van der Waals surface area contributed by atoms with Gasteiger partial charge >= 0.3 is 5.97 Å². The number of hydrogen-bond donors (Lipinski definition) is 3. The van der Waals surface area contributed by atoms with Crippen LogP contribution in [0.2, 0.25) is 10.0 Å². The van der Waals surface area contributed by atoms with Gasteiger partial charge < -0.3 is 25.4 Å². The quantitative estimate of drug-likeness (QED) is 0.477. The van der Waals surface area contributed by atoms with Crippen molar-refractivity contribution in [1.29, 1.82) is 0 Å². The zero-order valence-corrected chi connectivity index (χ0v) is 17.0. The second-order valence-electron chi connectivity index (χ2n) is 6.32. The highest BCUT2D eigenvalue weighted by Gasteiger charge is 2.16. The van der Waals surface area contributed by atoms with E-state index in [1.54, 1.807) is 42.5 Å². The Kier molecular flexibility index (Phi) is 6.94. The van der Waals surface area contributed by atoms with Gasteiger partial charge in [-0.2, -0.15) is 0 Å². The first-order valence-electron chi connectivity index (χ1n) is 8.74. The largest absolute Gasteiger partial charge is 0.482 e. The van der Waals surface area contributed by atoms with Crippen LogP contribution in [0.25, 0.3) is 0 Å². The number of nitrogens with two attached hydrogens (primary N) is 1. The van der Waals surface area contributed by atoms with E-state index in [0.29, 0.717) is 32.8 Å². The normalized spacial score (nSPS) is 11.7. The van der Waals surface area contributed by atoms with Crippen LogP contribution in [-0.2, 0) is 17.8 Å². The molecule has 0 bridgehead atoms. The van der Waals surface area contributed by atoms with Crippen LogP contribution in [0.4, 0.5) is 5.69 Å². The van der Waals surface area contributed by atoms with Crippen LogP contribution in [-0.4, -0.2) is 28.2 Å². The Morgan fingerprint density at radius 1 is 1.17 bits per heavy atom. The third kappa shape index (κ3) is 5.50. The fourth-order valence-corrected chi connectivity index (χ4v) is 3.07. The van der Waals surface area contributed by atoms with E-state index in [0.717, 1.165) is 0 Å². The van der Waals surface area contributed by atoms with Crippen LogP contribution in [0.15, 0.2) is 53.1 Å². The van der Waals surface area contributed by atoms with Crippen molar-refractivity contribution >= 4 is 40.8 Å². The van der Waals surface area contributed by atoms with Gasteiger partial charge in [-0.05, 0) is 36.2 Å². The van der Waals surface area contributed by atoms with Crippen molar-refractivity contribution in [3.63, 3.8) is 0 Å². The summed E-state index contributed by atoms with van der Waals surface area (Å²) in [4.78, 5) is 23.3. The van der Waals surface area contributed by atoms with Crippen LogP contribution >= 0.6 is 23.2 Å². The predicted octanol–water partition coefficient (Wildman–Crippen LogP) is 3.77. The maximum atomic E-state index is 12.4. The minimum Gasteiger partial charge on any atom is -0.482 e. The van der Waals surface area contributed by atoms with Crippen molar-refractivity contribution in [2.24, 2.45) is 5.73 Å². The highest BCUT2D eigenvalue weighted by molar-refractivity contribution is 6.37. The monoisotopic (exact) mass is 449 g/mol. The molecule has 0 aliphatic rings. The number of aliphatic carboxylic acids is 1. The van der Waals surface area contributed by atoms with E-state index in [2.05, 4.69) is 10.5 Å². The molecule has 0 spiro atoms. The summed E-state index contributed by atoms with van der Waals surface area (Å²) in [5.74, 6) is -0.989. The highest BCUT2D eigenvalue weighted by Crippen LogP contribution is 2.32. The molecule has 4 N–H and O–H groups in total. The number of benzene rings is 2. The lowest BCUT2D eigenvalue weighted by Gasteiger charge is -2.09. The minimum atomic E-state index is -1.10. The number of nitrogens with one attached hydrogen (secondary N) is 1. The Hall–Kier alpha value is -3.07. The van der Waals surface area contributed by atoms with E-state index in [9.17, 15) is 9.59 Å². The van der Waals surface area contributed by atoms with Gasteiger partial charge in [0, 0.05) is 11.8 Å². The maximum Gasteiger partial charge on any atom is 0.320 e. The zero-order chi connectivity index (χ0) is 21.7. The van der Waals surface area contributed by atoms with Crippen molar-refractivity contribution < 1.29 is 24.0 Å². The van der Waals surface area contributed by atoms with Gasteiger partial charge in [0.05, 0.1) is 10.0 Å². The number of para-hydroxylation sites is 1. The molecular weight excluding hydrogens is 433 g/mol. The highest BCUT2D eigenvalue weighted by atomic mass is 35.5. The number of aromatic nitrogens is 1. The third-order valence-corrected chi connectivity index (χ3v) is 4.62. The standard InChI is InChI=1S/C20H17Cl2N3O5/c21-14-5-2-6-15(22)18(14)29-10-13-9-17(25-30-13)19(26)24-12-4-1-3-11(7-12)8-16(23)20(27)28/h1-7,9,16H,8,10,23H2,(H,24,26)(H,27,28). The number of nitrogens with zero attached hydrogens (tertiary/aromatic N) is 1. The maximum absolute atomic E-state index is 12.4. The van der Waals surface area contributed by atoms with E-state index >= 15 is 0 Å². The molecule has 2 aromatic carbocycles. The molecule has 0 aliphatic heterocycles. The fourth-order valence-electron chi connectivity index (χ4n) is 2.56. The van der Waals surface area contributed by atoms with Crippen LogP contribution in [0.1, 0.15) is 21.8 Å². The fraction of sp³-hybridized carbons (Fsp3) is 0.150. The second-order valence-corrected chi connectivity index (χ2v) is 7.14. The van der Waals surface area contributed by atoms with E-state index < -0.39 is 17.9 Å². The number of carbonyl (C=O) groups excluding carboxylic acids is 1. The number of ether oxygens (including phenoxy) is 1. The molecule has 1 unspecified atom stereocenters. The number of halogens is 2. The van der Waals surface area contributed by atoms with Gasteiger partial charge in [-0.3, -0.25) is 9.59 Å². The molecule has 8 nitrogen and oxygen atoms in total. The molecule has 3 aromatic rings. The lowest BCUT2D eigenvalue weighted by molar-refractivity contribution is -0.138. The number of hydrogen-bond acceptors (Lipinski definition) is 6. The number of anilines is 1. The molecule has 0 saturated carbocycles. The third-order valence-electron chi connectivity index (χ3n) is 4.03. The lowest BCUT2D eigenvalue weighted by Crippen LogP contribution is -2.32. The first-order valence-corrected chi connectivity index (χ1v) is 9.50. The molecule has 1 aromatic heterocycles. The first-order chi connectivity index (χ1) is 14.3. The number of carbonyl (C=O) groups is 2. The number of carboxylic acid groups (broad SMARTS) is 1. The topological polar surface area (TPSA) is 128 Å². The van der Waals surface area contributed by atoms with Crippen molar-refractivity contribution in [3.8, 4) is 5.75 Å². The smallest absolute Gasteiger partial charge is 0.320 e. The van der Waals surface area contributed by atoms with Crippen molar-refractivity contribution in [3.05, 3.63) is 75.6 Å². The molecular formula is C20H17Cl2N3O5. The average molecular weight is 450 g/mol. The van der Waals surface area contributed by atoms with Crippen LogP contribution in [0.5, 0.6) is 5.75 Å². The Morgan fingerprint density at radius 3 is 2.57 bits per heavy atom. The Morgan fingerprint density at radius 2 is 1.87 bits per heavy atom. The summed E-state index contributed by atoms with van der Waals surface area (Å²) in [6, 6.07) is 12.1. The number of rotatable bonds is 8. The molecule has 10 heteroatoms. The lowest BCUT2D eigenvalue weighted by atomic mass is 10.1. The molecule has 0 radical (unpaired) electrons. The minimum absolute atomic E-state index is 0.0215. The predicted molar refractivity (Wildman–Crippen MR) is 111 cm³/mol. The Balaban J connectivity index is 1.62. The summed E-state index contributed by atoms with van der Waals surface area (Å²) in [5, 5.41) is 16.0. The Labute approximate surface area is 181 Å². The Bertz CT molecular complexity index is 1050. The second kappa shape index (κ2) is 9.62. The van der Waals surface area contributed by atoms with Crippen LogP contribution in [0.3, 0.4) is 0 Å². The molecule has 0 fully saturated rings. The number of amides is 1. The molecule has 3 rings (SSSR count). The van der Waals surface area contributed by atoms with Gasteiger partial charge in [-0.1, -0.05) is 46.6 Å². The van der Waals surface area contributed by atoms with E-state index in [-0.39, 0.29) is 18.7 Å². The van der Waals surface area contributed by atoms with Crippen LogP contribution in [0, 0.1) is 0 Å². The molecule has 0 saturated heterocycles. The molecule has 0 aliphatic carbocycles. The van der Waals surface area contributed by atoms with Crippen LogP contribution < -0.4 is 15.8 Å². The summed E-state index contributed by atoms with van der Waals surface area (Å²) < 4.78 is 10.7. The molecule has 1 atom stereocenters. The molecule has 30 heavy (non-hydrogen) atoms. The number of carboxylic acids is 1. The van der Waals surface area contributed by atoms with Crippen molar-refractivity contribution in [1.82, 2.24) is 5.16 Å². The van der Waals surface area contributed by atoms with E-state index in [4.69, 9.17) is 43.3 Å². The van der Waals surface area contributed by atoms with Crippen molar-refractivity contribution in [2.45, 2.75) is 19.1 Å². The molecule has 156 valence electrons. The molecule has 1 amide bonds.